The molecule has 8 heteroatoms. The number of carbonyl (C=O) groups is 1. The van der Waals surface area contributed by atoms with E-state index in [4.69, 9.17) is 0 Å². The van der Waals surface area contributed by atoms with E-state index < -0.39 is 0 Å². The van der Waals surface area contributed by atoms with E-state index in [0.717, 1.165) is 27.6 Å². The molecule has 0 radical (unpaired) electrons. The van der Waals surface area contributed by atoms with Crippen molar-refractivity contribution in [3.63, 3.8) is 0 Å². The third-order valence-electron chi connectivity index (χ3n) is 4.09. The van der Waals surface area contributed by atoms with Gasteiger partial charge in [0.05, 0.1) is 17.8 Å². The molecule has 146 valence electrons. The molecule has 0 bridgehead atoms. The number of anilines is 1. The molecule has 2 aromatic heterocycles. The van der Waals surface area contributed by atoms with Gasteiger partial charge in [0.15, 0.2) is 0 Å². The fourth-order valence-electron chi connectivity index (χ4n) is 2.63. The van der Waals surface area contributed by atoms with Gasteiger partial charge in [-0.15, -0.1) is 16.4 Å². The first kappa shape index (κ1) is 19.4. The molecule has 1 N–H and O–H groups in total. The van der Waals surface area contributed by atoms with Gasteiger partial charge >= 0.3 is 0 Å². The molecule has 0 aliphatic rings. The van der Waals surface area contributed by atoms with E-state index in [1.165, 1.54) is 23.1 Å². The highest BCUT2D eigenvalue weighted by atomic mass is 32.2. The molecule has 0 aliphatic heterocycles. The Morgan fingerprint density at radius 3 is 2.72 bits per heavy atom. The number of nitrogens with one attached hydrogen (secondary N) is 1. The molecule has 0 aliphatic carbocycles. The van der Waals surface area contributed by atoms with Crippen LogP contribution in [-0.2, 0) is 17.0 Å². The van der Waals surface area contributed by atoms with E-state index in [0.29, 0.717) is 10.9 Å². The zero-order valence-electron chi connectivity index (χ0n) is 15.8. The lowest BCUT2D eigenvalue weighted by Crippen LogP contribution is -2.14. The van der Waals surface area contributed by atoms with Crippen LogP contribution in [0.4, 0.5) is 5.69 Å². The molecule has 1 amide bonds. The number of carbonyl (C=O) groups excluding carboxylic acids is 1. The van der Waals surface area contributed by atoms with Crippen molar-refractivity contribution < 1.29 is 4.79 Å². The molecule has 6 nitrogen and oxygen atoms in total. The van der Waals surface area contributed by atoms with Crippen LogP contribution in [0.1, 0.15) is 16.3 Å². The van der Waals surface area contributed by atoms with Gasteiger partial charge < -0.3 is 5.32 Å². The van der Waals surface area contributed by atoms with E-state index in [1.807, 2.05) is 66.9 Å². The van der Waals surface area contributed by atoms with Crippen molar-refractivity contribution in [2.75, 3.05) is 5.32 Å². The number of hydrogen-bond acceptors (Lipinski definition) is 6. The minimum absolute atomic E-state index is 0.0642. The molecular formula is C21H19N5OS2. The van der Waals surface area contributed by atoms with Crippen LogP contribution >= 0.6 is 23.1 Å². The van der Waals surface area contributed by atoms with E-state index in [2.05, 4.69) is 20.4 Å². The van der Waals surface area contributed by atoms with Gasteiger partial charge in [0, 0.05) is 16.8 Å². The van der Waals surface area contributed by atoms with Gasteiger partial charge in [0.25, 0.3) is 0 Å². The molecule has 0 atom stereocenters. The summed E-state index contributed by atoms with van der Waals surface area (Å²) in [4.78, 5) is 21.1. The van der Waals surface area contributed by atoms with Crippen LogP contribution in [0, 0.1) is 6.92 Å². The molecule has 0 unspecified atom stereocenters. The van der Waals surface area contributed by atoms with Crippen molar-refractivity contribution in [2.45, 2.75) is 24.3 Å². The summed E-state index contributed by atoms with van der Waals surface area (Å²) < 4.78 is 1.75. The smallest absolute Gasteiger partial charge is 0.231 e. The molecule has 4 rings (SSSR count). The summed E-state index contributed by atoms with van der Waals surface area (Å²) in [6.07, 6.45) is 1.98. The molecule has 2 aromatic carbocycles. The Morgan fingerprint density at radius 2 is 1.93 bits per heavy atom. The second-order valence-electron chi connectivity index (χ2n) is 6.42. The van der Waals surface area contributed by atoms with Crippen molar-refractivity contribution in [2.24, 2.45) is 0 Å². The summed E-state index contributed by atoms with van der Waals surface area (Å²) in [5.41, 5.74) is 3.86. The average Bonchev–Trinajstić information content (AvgIpc) is 3.38. The van der Waals surface area contributed by atoms with E-state index in [9.17, 15) is 4.79 Å². The van der Waals surface area contributed by atoms with Crippen LogP contribution in [0.15, 0.2) is 71.5 Å². The van der Waals surface area contributed by atoms with Crippen LogP contribution in [-0.4, -0.2) is 25.7 Å². The van der Waals surface area contributed by atoms with Gasteiger partial charge in [-0.1, -0.05) is 47.7 Å². The number of rotatable bonds is 7. The molecule has 29 heavy (non-hydrogen) atoms. The van der Waals surface area contributed by atoms with Gasteiger partial charge in [0.2, 0.25) is 11.1 Å². The maximum atomic E-state index is 12.2. The maximum absolute atomic E-state index is 12.2. The number of aromatic nitrogens is 4. The fourth-order valence-corrected chi connectivity index (χ4v) is 4.22. The molecule has 0 fully saturated rings. The predicted molar refractivity (Wildman–Crippen MR) is 117 cm³/mol. The quantitative estimate of drug-likeness (QED) is 0.445. The standard InChI is InChI=1S/C21H19N5OS2/c1-15-7-9-16(10-8-15)23-19(27)11-20-24-17(12-28-20)13-29-21-22-14-26(25-21)18-5-3-2-4-6-18/h2-10,12,14H,11,13H2,1H3,(H,23,27). The van der Waals surface area contributed by atoms with Gasteiger partial charge in [-0.3, -0.25) is 4.79 Å². The number of thiazole rings is 1. The van der Waals surface area contributed by atoms with E-state index in [1.54, 1.807) is 11.0 Å². The molecule has 0 saturated carbocycles. The molecular weight excluding hydrogens is 402 g/mol. The van der Waals surface area contributed by atoms with E-state index >= 15 is 0 Å². The van der Waals surface area contributed by atoms with Crippen molar-refractivity contribution in [1.82, 2.24) is 19.7 Å². The Labute approximate surface area is 177 Å². The number of hydrogen-bond donors (Lipinski definition) is 1. The molecule has 0 spiro atoms. The lowest BCUT2D eigenvalue weighted by Gasteiger charge is -2.04. The van der Waals surface area contributed by atoms with Crippen molar-refractivity contribution in [3.05, 3.63) is 82.6 Å². The van der Waals surface area contributed by atoms with Gasteiger partial charge in [-0.2, -0.15) is 0 Å². The van der Waals surface area contributed by atoms with Gasteiger partial charge in [0.1, 0.15) is 11.3 Å². The Morgan fingerprint density at radius 1 is 1.14 bits per heavy atom. The van der Waals surface area contributed by atoms with Crippen molar-refractivity contribution in [1.29, 1.82) is 0 Å². The fraction of sp³-hybridized carbons (Fsp3) is 0.143. The number of thioether (sulfide) groups is 1. The van der Waals surface area contributed by atoms with Crippen LogP contribution in [0.3, 0.4) is 0 Å². The predicted octanol–water partition coefficient (Wildman–Crippen LogP) is 4.51. The Bertz CT molecular complexity index is 1090. The first-order valence-corrected chi connectivity index (χ1v) is 10.9. The summed E-state index contributed by atoms with van der Waals surface area (Å²) in [6.45, 7) is 2.02. The number of para-hydroxylation sites is 1. The SMILES string of the molecule is Cc1ccc(NC(=O)Cc2nc(CSc3ncn(-c4ccccc4)n3)cs2)cc1. The summed E-state index contributed by atoms with van der Waals surface area (Å²) >= 11 is 3.02. The summed E-state index contributed by atoms with van der Waals surface area (Å²) in [5, 5.41) is 10.9. The third-order valence-corrected chi connectivity index (χ3v) is 5.87. The highest BCUT2D eigenvalue weighted by Gasteiger charge is 2.10. The summed E-state index contributed by atoms with van der Waals surface area (Å²) in [7, 11) is 0. The monoisotopic (exact) mass is 421 g/mol. The highest BCUT2D eigenvalue weighted by Crippen LogP contribution is 2.21. The van der Waals surface area contributed by atoms with Gasteiger partial charge in [-0.05, 0) is 31.2 Å². The Hall–Kier alpha value is -2.97. The zero-order chi connectivity index (χ0) is 20.1. The van der Waals surface area contributed by atoms with E-state index in [-0.39, 0.29) is 12.3 Å². The molecule has 2 heterocycles. The maximum Gasteiger partial charge on any atom is 0.231 e. The van der Waals surface area contributed by atoms with Crippen LogP contribution in [0.5, 0.6) is 0 Å². The lowest BCUT2D eigenvalue weighted by molar-refractivity contribution is -0.115. The lowest BCUT2D eigenvalue weighted by atomic mass is 10.2. The van der Waals surface area contributed by atoms with Crippen molar-refractivity contribution >= 4 is 34.7 Å². The molecule has 0 saturated heterocycles. The first-order valence-electron chi connectivity index (χ1n) is 9.05. The largest absolute Gasteiger partial charge is 0.326 e. The minimum atomic E-state index is -0.0642. The Kier molecular flexibility index (Phi) is 6.02. The normalized spacial score (nSPS) is 10.8. The van der Waals surface area contributed by atoms with Crippen LogP contribution in [0.25, 0.3) is 5.69 Å². The second-order valence-corrected chi connectivity index (χ2v) is 8.30. The zero-order valence-corrected chi connectivity index (χ0v) is 17.4. The summed E-state index contributed by atoms with van der Waals surface area (Å²) in [6, 6.07) is 17.6. The van der Waals surface area contributed by atoms with Crippen LogP contribution in [0.2, 0.25) is 0 Å². The minimum Gasteiger partial charge on any atom is -0.326 e. The molecule has 4 aromatic rings. The average molecular weight is 422 g/mol. The summed E-state index contributed by atoms with van der Waals surface area (Å²) in [5.74, 6) is 0.597. The highest BCUT2D eigenvalue weighted by molar-refractivity contribution is 7.98. The second kappa shape index (κ2) is 9.02. The van der Waals surface area contributed by atoms with Gasteiger partial charge in [-0.25, -0.2) is 14.6 Å². The number of benzene rings is 2. The topological polar surface area (TPSA) is 72.7 Å². The van der Waals surface area contributed by atoms with Crippen molar-refractivity contribution in [3.8, 4) is 5.69 Å². The van der Waals surface area contributed by atoms with Crippen LogP contribution < -0.4 is 5.32 Å². The first-order chi connectivity index (χ1) is 14.2. The Balaban J connectivity index is 1.30. The third kappa shape index (κ3) is 5.30. The number of aryl methyl sites for hydroxylation is 1. The number of amides is 1. The number of nitrogens with zero attached hydrogens (tertiary/aromatic N) is 4.